The van der Waals surface area contributed by atoms with Crippen molar-refractivity contribution in [3.05, 3.63) is 40.9 Å². The van der Waals surface area contributed by atoms with Crippen LogP contribution >= 0.6 is 23.1 Å². The van der Waals surface area contributed by atoms with Gasteiger partial charge in [-0.2, -0.15) is 11.8 Å². The van der Waals surface area contributed by atoms with Crippen LogP contribution in [0.5, 0.6) is 0 Å². The Balaban J connectivity index is 1.70. The van der Waals surface area contributed by atoms with Gasteiger partial charge in [0.15, 0.2) is 0 Å². The summed E-state index contributed by atoms with van der Waals surface area (Å²) in [4.78, 5) is 18.8. The van der Waals surface area contributed by atoms with E-state index in [2.05, 4.69) is 35.9 Å². The molecule has 0 N–H and O–H groups in total. The maximum Gasteiger partial charge on any atom is 0.337 e. The van der Waals surface area contributed by atoms with Crippen LogP contribution < -0.4 is 0 Å². The lowest BCUT2D eigenvalue weighted by Crippen LogP contribution is -2.43. The number of carbonyl (C=O) groups is 1. The minimum atomic E-state index is -0.313. The predicted octanol–water partition coefficient (Wildman–Crippen LogP) is 3.92. The third-order valence-corrected chi connectivity index (χ3v) is 6.76. The molecule has 1 aliphatic heterocycles. The molecule has 1 aromatic carbocycles. The quantitative estimate of drug-likeness (QED) is 0.771. The van der Waals surface area contributed by atoms with E-state index in [1.54, 1.807) is 23.5 Å². The summed E-state index contributed by atoms with van der Waals surface area (Å²) in [7, 11) is 1.39. The smallest absolute Gasteiger partial charge is 0.337 e. The van der Waals surface area contributed by atoms with E-state index in [0.717, 1.165) is 29.4 Å². The monoisotopic (exact) mass is 362 g/mol. The van der Waals surface area contributed by atoms with Gasteiger partial charge >= 0.3 is 5.97 Å². The van der Waals surface area contributed by atoms with Gasteiger partial charge in [-0.25, -0.2) is 9.78 Å². The van der Waals surface area contributed by atoms with E-state index < -0.39 is 0 Å². The van der Waals surface area contributed by atoms with Crippen molar-refractivity contribution in [2.45, 2.75) is 31.7 Å². The lowest BCUT2D eigenvalue weighted by molar-refractivity contribution is 0.0601. The molecular weight excluding hydrogens is 340 g/mol. The van der Waals surface area contributed by atoms with Gasteiger partial charge in [-0.3, -0.25) is 4.90 Å². The topological polar surface area (TPSA) is 42.4 Å². The molecule has 1 fully saturated rings. The van der Waals surface area contributed by atoms with Crippen molar-refractivity contribution < 1.29 is 9.53 Å². The van der Waals surface area contributed by atoms with Crippen LogP contribution in [0.4, 0.5) is 0 Å². The van der Waals surface area contributed by atoms with Crippen molar-refractivity contribution in [1.29, 1.82) is 0 Å². The lowest BCUT2D eigenvalue weighted by Gasteiger charge is -2.37. The summed E-state index contributed by atoms with van der Waals surface area (Å²) >= 11 is 3.70. The number of esters is 1. The van der Waals surface area contributed by atoms with Gasteiger partial charge in [0.25, 0.3) is 0 Å². The Morgan fingerprint density at radius 3 is 2.79 bits per heavy atom. The molecule has 0 radical (unpaired) electrons. The fourth-order valence-electron chi connectivity index (χ4n) is 2.81. The van der Waals surface area contributed by atoms with Gasteiger partial charge in [-0.1, -0.05) is 19.1 Å². The van der Waals surface area contributed by atoms with Gasteiger partial charge in [-0.15, -0.1) is 11.3 Å². The van der Waals surface area contributed by atoms with E-state index in [0.29, 0.717) is 16.9 Å². The normalized spacial score (nSPS) is 21.6. The van der Waals surface area contributed by atoms with Gasteiger partial charge in [-0.05, 0) is 19.1 Å². The van der Waals surface area contributed by atoms with Crippen molar-refractivity contribution in [2.24, 2.45) is 0 Å². The molecule has 2 aromatic rings. The predicted molar refractivity (Wildman–Crippen MR) is 101 cm³/mol. The molecule has 0 amide bonds. The summed E-state index contributed by atoms with van der Waals surface area (Å²) in [5, 5.41) is 3.80. The fraction of sp³-hybridized carbons (Fsp3) is 0.444. The number of hydrogen-bond acceptors (Lipinski definition) is 6. The van der Waals surface area contributed by atoms with Gasteiger partial charge in [0.1, 0.15) is 5.01 Å². The summed E-state index contributed by atoms with van der Waals surface area (Å²) in [6.07, 6.45) is 0. The Bertz CT molecular complexity index is 699. The Labute approximate surface area is 151 Å². The van der Waals surface area contributed by atoms with Crippen LogP contribution in [0, 0.1) is 0 Å². The molecule has 2 unspecified atom stereocenters. The second-order valence-corrected chi connectivity index (χ2v) is 8.34. The number of rotatable bonds is 4. The molecule has 1 aliphatic rings. The highest BCUT2D eigenvalue weighted by molar-refractivity contribution is 8.00. The summed E-state index contributed by atoms with van der Waals surface area (Å²) in [5.41, 5.74) is 2.72. The second kappa shape index (κ2) is 7.68. The van der Waals surface area contributed by atoms with E-state index in [1.807, 2.05) is 12.1 Å². The SMILES string of the molecule is COC(=O)c1ccc(-c2nc(CN3CCSC(C)C3C)cs2)cc1. The largest absolute Gasteiger partial charge is 0.465 e. The Hall–Kier alpha value is -1.37. The van der Waals surface area contributed by atoms with Crippen LogP contribution in [0.25, 0.3) is 10.6 Å². The Morgan fingerprint density at radius 1 is 1.33 bits per heavy atom. The molecule has 1 saturated heterocycles. The van der Waals surface area contributed by atoms with Crippen molar-refractivity contribution in [3.63, 3.8) is 0 Å². The number of nitrogens with zero attached hydrogens (tertiary/aromatic N) is 2. The first-order valence-electron chi connectivity index (χ1n) is 8.07. The number of carbonyl (C=O) groups excluding carboxylic acids is 1. The molecule has 0 saturated carbocycles. The Morgan fingerprint density at radius 2 is 2.08 bits per heavy atom. The minimum absolute atomic E-state index is 0.313. The summed E-state index contributed by atoms with van der Waals surface area (Å²) in [6.45, 7) is 6.63. The molecule has 1 aromatic heterocycles. The van der Waals surface area contributed by atoms with E-state index in [4.69, 9.17) is 9.72 Å². The zero-order valence-electron chi connectivity index (χ0n) is 14.2. The molecule has 3 rings (SSSR count). The number of ether oxygens (including phenoxy) is 1. The fourth-order valence-corrected chi connectivity index (χ4v) is 4.79. The highest BCUT2D eigenvalue weighted by atomic mass is 32.2. The zero-order valence-corrected chi connectivity index (χ0v) is 15.8. The average Bonchev–Trinajstić information content (AvgIpc) is 3.07. The molecule has 0 aliphatic carbocycles. The van der Waals surface area contributed by atoms with Gasteiger partial charge in [0.05, 0.1) is 18.4 Å². The third kappa shape index (κ3) is 3.82. The van der Waals surface area contributed by atoms with Gasteiger partial charge in [0.2, 0.25) is 0 Å². The van der Waals surface area contributed by atoms with E-state index in [-0.39, 0.29) is 5.97 Å². The van der Waals surface area contributed by atoms with Crippen LogP contribution in [-0.4, -0.2) is 46.6 Å². The van der Waals surface area contributed by atoms with Gasteiger partial charge in [0, 0.05) is 41.1 Å². The molecule has 2 heterocycles. The molecular formula is C18H22N2O2S2. The first-order chi connectivity index (χ1) is 11.6. The summed E-state index contributed by atoms with van der Waals surface area (Å²) in [6, 6.07) is 8.00. The van der Waals surface area contributed by atoms with Crippen LogP contribution in [0.3, 0.4) is 0 Å². The number of methoxy groups -OCH3 is 1. The minimum Gasteiger partial charge on any atom is -0.465 e. The van der Waals surface area contributed by atoms with E-state index >= 15 is 0 Å². The van der Waals surface area contributed by atoms with E-state index in [1.165, 1.54) is 12.9 Å². The van der Waals surface area contributed by atoms with Crippen LogP contribution in [-0.2, 0) is 11.3 Å². The molecule has 4 nitrogen and oxygen atoms in total. The highest BCUT2D eigenvalue weighted by Crippen LogP contribution is 2.28. The molecule has 0 bridgehead atoms. The van der Waals surface area contributed by atoms with E-state index in [9.17, 15) is 4.79 Å². The summed E-state index contributed by atoms with van der Waals surface area (Å²) < 4.78 is 4.73. The van der Waals surface area contributed by atoms with Crippen LogP contribution in [0.15, 0.2) is 29.6 Å². The average molecular weight is 363 g/mol. The number of thiazole rings is 1. The zero-order chi connectivity index (χ0) is 17.1. The summed E-state index contributed by atoms with van der Waals surface area (Å²) in [5.74, 6) is 0.879. The van der Waals surface area contributed by atoms with Crippen LogP contribution in [0.2, 0.25) is 0 Å². The van der Waals surface area contributed by atoms with Crippen molar-refractivity contribution in [2.75, 3.05) is 19.4 Å². The number of aromatic nitrogens is 1. The Kier molecular flexibility index (Phi) is 5.58. The van der Waals surface area contributed by atoms with Crippen molar-refractivity contribution in [1.82, 2.24) is 9.88 Å². The highest BCUT2D eigenvalue weighted by Gasteiger charge is 2.25. The number of benzene rings is 1. The lowest BCUT2D eigenvalue weighted by atomic mass is 10.1. The standard InChI is InChI=1S/C18H22N2O2S2/c1-12-13(2)23-9-8-20(12)10-16-11-24-17(19-16)14-4-6-15(7-5-14)18(21)22-3/h4-7,11-13H,8-10H2,1-3H3. The van der Waals surface area contributed by atoms with Crippen molar-refractivity contribution >= 4 is 29.1 Å². The third-order valence-electron chi connectivity index (χ3n) is 4.48. The molecule has 24 heavy (non-hydrogen) atoms. The van der Waals surface area contributed by atoms with Crippen LogP contribution in [0.1, 0.15) is 29.9 Å². The molecule has 0 spiro atoms. The molecule has 128 valence electrons. The first-order valence-corrected chi connectivity index (χ1v) is 10.00. The number of hydrogen-bond donors (Lipinski definition) is 0. The second-order valence-electron chi connectivity index (χ2n) is 6.00. The molecule has 6 heteroatoms. The van der Waals surface area contributed by atoms with Gasteiger partial charge < -0.3 is 4.74 Å². The maximum atomic E-state index is 11.5. The maximum absolute atomic E-state index is 11.5. The first kappa shape index (κ1) is 17.5. The molecule has 2 atom stereocenters. The number of thioether (sulfide) groups is 1. The van der Waals surface area contributed by atoms with Crippen molar-refractivity contribution in [3.8, 4) is 10.6 Å².